The lowest BCUT2D eigenvalue weighted by molar-refractivity contribution is 0.0515. The molecule has 1 N–H and O–H groups in total. The van der Waals surface area contributed by atoms with Crippen molar-refractivity contribution in [3.63, 3.8) is 0 Å². The largest absolute Gasteiger partial charge is 0.497 e. The minimum atomic E-state index is -0.581. The molecule has 1 aromatic heterocycles. The Labute approximate surface area is 122 Å². The fourth-order valence-electron chi connectivity index (χ4n) is 1.88. The summed E-state index contributed by atoms with van der Waals surface area (Å²) in [5.74, 6) is 0.175. The normalized spacial score (nSPS) is 10.4. The van der Waals surface area contributed by atoms with Crippen LogP contribution in [0.5, 0.6) is 5.75 Å². The molecule has 0 atom stereocenters. The highest BCUT2D eigenvalue weighted by atomic mass is 16.5. The average molecular weight is 291 g/mol. The molecule has 0 aliphatic carbocycles. The minimum Gasteiger partial charge on any atom is -0.497 e. The lowest BCUT2D eigenvalue weighted by Gasteiger charge is -2.06. The Bertz CT molecular complexity index is 607. The van der Waals surface area contributed by atoms with Gasteiger partial charge in [0, 0.05) is 0 Å². The molecule has 0 fully saturated rings. The van der Waals surface area contributed by atoms with Crippen LogP contribution in [-0.4, -0.2) is 39.8 Å². The second kappa shape index (κ2) is 6.85. The van der Waals surface area contributed by atoms with Crippen molar-refractivity contribution in [1.29, 1.82) is 0 Å². The van der Waals surface area contributed by atoms with Gasteiger partial charge in [-0.15, -0.1) is 5.10 Å². The fourth-order valence-corrected chi connectivity index (χ4v) is 1.88. The smallest absolute Gasteiger partial charge is 0.360 e. The maximum absolute atomic E-state index is 11.7. The van der Waals surface area contributed by atoms with Crippen molar-refractivity contribution in [3.8, 4) is 5.75 Å². The van der Waals surface area contributed by atoms with E-state index in [1.807, 2.05) is 24.3 Å². The molecule has 21 heavy (non-hydrogen) atoms. The maximum Gasteiger partial charge on any atom is 0.360 e. The monoisotopic (exact) mass is 291 g/mol. The first-order chi connectivity index (χ1) is 10.2. The number of rotatable bonds is 6. The van der Waals surface area contributed by atoms with Crippen LogP contribution in [0.1, 0.15) is 28.7 Å². The number of nitrogens with zero attached hydrogens (tertiary/aromatic N) is 3. The van der Waals surface area contributed by atoms with Gasteiger partial charge in [-0.1, -0.05) is 17.3 Å². The number of esters is 1. The third-order valence-corrected chi connectivity index (χ3v) is 2.95. The van der Waals surface area contributed by atoms with Crippen LogP contribution in [0.2, 0.25) is 0 Å². The summed E-state index contributed by atoms with van der Waals surface area (Å²) < 4.78 is 11.5. The van der Waals surface area contributed by atoms with Crippen LogP contribution in [0.25, 0.3) is 0 Å². The number of hydrogen-bond acceptors (Lipinski definition) is 6. The lowest BCUT2D eigenvalue weighted by atomic mass is 10.2. The van der Waals surface area contributed by atoms with Gasteiger partial charge in [0.25, 0.3) is 0 Å². The predicted octanol–water partition coefficient (Wildman–Crippen LogP) is 1.00. The summed E-state index contributed by atoms with van der Waals surface area (Å²) in [6, 6.07) is 7.42. The van der Waals surface area contributed by atoms with Gasteiger partial charge in [0.15, 0.2) is 5.69 Å². The number of carbonyl (C=O) groups is 1. The highest BCUT2D eigenvalue weighted by Crippen LogP contribution is 2.14. The molecule has 0 aliphatic heterocycles. The van der Waals surface area contributed by atoms with Gasteiger partial charge < -0.3 is 14.6 Å². The van der Waals surface area contributed by atoms with Crippen molar-refractivity contribution in [2.45, 2.75) is 20.1 Å². The van der Waals surface area contributed by atoms with Gasteiger partial charge in [0.2, 0.25) is 0 Å². The zero-order chi connectivity index (χ0) is 15.2. The van der Waals surface area contributed by atoms with E-state index in [-0.39, 0.29) is 18.9 Å². The highest BCUT2D eigenvalue weighted by molar-refractivity contribution is 5.88. The number of aliphatic hydroxyl groups is 1. The van der Waals surface area contributed by atoms with E-state index in [1.165, 1.54) is 4.68 Å². The van der Waals surface area contributed by atoms with Gasteiger partial charge in [-0.3, -0.25) is 0 Å². The first-order valence-electron chi connectivity index (χ1n) is 6.52. The van der Waals surface area contributed by atoms with E-state index in [0.29, 0.717) is 12.2 Å². The van der Waals surface area contributed by atoms with Crippen molar-refractivity contribution >= 4 is 5.97 Å². The molecule has 0 unspecified atom stereocenters. The number of ether oxygens (including phenoxy) is 2. The van der Waals surface area contributed by atoms with Gasteiger partial charge in [0.1, 0.15) is 5.75 Å². The third-order valence-electron chi connectivity index (χ3n) is 2.95. The number of benzene rings is 1. The molecular weight excluding hydrogens is 274 g/mol. The lowest BCUT2D eigenvalue weighted by Crippen LogP contribution is -2.11. The molecule has 2 rings (SSSR count). The van der Waals surface area contributed by atoms with Crippen LogP contribution in [0.3, 0.4) is 0 Å². The van der Waals surface area contributed by atoms with E-state index in [9.17, 15) is 9.90 Å². The van der Waals surface area contributed by atoms with Gasteiger partial charge >= 0.3 is 5.97 Å². The van der Waals surface area contributed by atoms with E-state index in [0.717, 1.165) is 11.3 Å². The summed E-state index contributed by atoms with van der Waals surface area (Å²) in [5, 5.41) is 17.1. The Hall–Kier alpha value is -2.41. The topological polar surface area (TPSA) is 86.5 Å². The minimum absolute atomic E-state index is 0.0489. The summed E-state index contributed by atoms with van der Waals surface area (Å²) >= 11 is 0. The van der Waals surface area contributed by atoms with Gasteiger partial charge in [-0.05, 0) is 24.6 Å². The zero-order valence-electron chi connectivity index (χ0n) is 11.9. The van der Waals surface area contributed by atoms with Crippen molar-refractivity contribution in [2.24, 2.45) is 0 Å². The number of aromatic nitrogens is 3. The van der Waals surface area contributed by atoms with E-state index < -0.39 is 5.97 Å². The molecule has 0 spiro atoms. The third kappa shape index (κ3) is 3.38. The number of carbonyl (C=O) groups excluding carboxylic acids is 1. The first-order valence-corrected chi connectivity index (χ1v) is 6.52. The van der Waals surface area contributed by atoms with Crippen LogP contribution in [0, 0.1) is 0 Å². The first kappa shape index (κ1) is 15.0. The van der Waals surface area contributed by atoms with Gasteiger partial charge in [-0.25, -0.2) is 9.48 Å². The molecule has 0 saturated carbocycles. The van der Waals surface area contributed by atoms with E-state index in [1.54, 1.807) is 14.0 Å². The number of methoxy groups -OCH3 is 1. The molecule has 2 aromatic rings. The molecule has 112 valence electrons. The second-order valence-corrected chi connectivity index (χ2v) is 4.27. The van der Waals surface area contributed by atoms with E-state index in [4.69, 9.17) is 9.47 Å². The fraction of sp³-hybridized carbons (Fsp3) is 0.357. The van der Waals surface area contributed by atoms with Crippen molar-refractivity contribution in [2.75, 3.05) is 13.7 Å². The Kier molecular flexibility index (Phi) is 4.89. The molecule has 7 heteroatoms. The summed E-state index contributed by atoms with van der Waals surface area (Å²) in [7, 11) is 1.60. The molecule has 0 amide bonds. The summed E-state index contributed by atoms with van der Waals surface area (Å²) in [6.45, 7) is 2.01. The number of hydrogen-bond donors (Lipinski definition) is 1. The second-order valence-electron chi connectivity index (χ2n) is 4.27. The molecule has 1 aromatic carbocycles. The molecular formula is C14H17N3O4. The summed E-state index contributed by atoms with van der Waals surface area (Å²) in [5.41, 5.74) is 1.34. The van der Waals surface area contributed by atoms with Crippen LogP contribution in [-0.2, 0) is 17.9 Å². The SMILES string of the molecule is CCOC(=O)c1nnn(Cc2ccc(OC)cc2)c1CO. The number of aliphatic hydroxyl groups excluding tert-OH is 1. The van der Waals surface area contributed by atoms with Crippen LogP contribution < -0.4 is 4.74 Å². The quantitative estimate of drug-likeness (QED) is 0.799. The van der Waals surface area contributed by atoms with E-state index in [2.05, 4.69) is 10.3 Å². The van der Waals surface area contributed by atoms with Crippen LogP contribution in [0.15, 0.2) is 24.3 Å². The molecule has 1 heterocycles. The Morgan fingerprint density at radius 2 is 2.05 bits per heavy atom. The van der Waals surface area contributed by atoms with Crippen molar-refractivity contribution in [3.05, 3.63) is 41.2 Å². The molecule has 7 nitrogen and oxygen atoms in total. The zero-order valence-corrected chi connectivity index (χ0v) is 11.9. The van der Waals surface area contributed by atoms with Gasteiger partial charge in [0.05, 0.1) is 32.6 Å². The Morgan fingerprint density at radius 3 is 2.62 bits per heavy atom. The molecule has 0 bridgehead atoms. The maximum atomic E-state index is 11.7. The molecule has 0 saturated heterocycles. The van der Waals surface area contributed by atoms with E-state index >= 15 is 0 Å². The van der Waals surface area contributed by atoms with Crippen LogP contribution in [0.4, 0.5) is 0 Å². The Balaban J connectivity index is 2.21. The van der Waals surface area contributed by atoms with Crippen LogP contribution >= 0.6 is 0 Å². The highest BCUT2D eigenvalue weighted by Gasteiger charge is 2.20. The molecule has 0 aliphatic rings. The van der Waals surface area contributed by atoms with Crippen molar-refractivity contribution < 1.29 is 19.4 Å². The summed E-state index contributed by atoms with van der Waals surface area (Å²) in [4.78, 5) is 11.7. The summed E-state index contributed by atoms with van der Waals surface area (Å²) in [6.07, 6.45) is 0. The Morgan fingerprint density at radius 1 is 1.33 bits per heavy atom. The average Bonchev–Trinajstić information content (AvgIpc) is 2.91. The van der Waals surface area contributed by atoms with Gasteiger partial charge in [-0.2, -0.15) is 0 Å². The molecule has 0 radical (unpaired) electrons. The van der Waals surface area contributed by atoms with Crippen molar-refractivity contribution in [1.82, 2.24) is 15.0 Å². The standard InChI is InChI=1S/C14H17N3O4/c1-3-21-14(19)13-12(9-18)17(16-15-13)8-10-4-6-11(20-2)7-5-10/h4-7,18H,3,8-9H2,1-2H3. The predicted molar refractivity (Wildman–Crippen MR) is 74.0 cm³/mol.